The second-order valence-corrected chi connectivity index (χ2v) is 6.92. The Labute approximate surface area is 133 Å². The van der Waals surface area contributed by atoms with E-state index in [1.807, 2.05) is 45.0 Å². The minimum atomic E-state index is -0.204. The highest BCUT2D eigenvalue weighted by atomic mass is 35.5. The van der Waals surface area contributed by atoms with Gasteiger partial charge in [-0.05, 0) is 35.6 Å². The summed E-state index contributed by atoms with van der Waals surface area (Å²) in [5.41, 5.74) is 2.43. The van der Waals surface area contributed by atoms with Crippen molar-refractivity contribution in [3.05, 3.63) is 40.4 Å². The smallest absolute Gasteiger partial charge is 0.269 e. The summed E-state index contributed by atoms with van der Waals surface area (Å²) < 4.78 is 3.91. The molecule has 0 radical (unpaired) electrons. The Bertz CT molecular complexity index is 617. The molecule has 0 atom stereocenters. The summed E-state index contributed by atoms with van der Waals surface area (Å²) in [6.45, 7) is 6.05. The molecule has 0 aliphatic rings. The monoisotopic (exact) mass is 323 g/mol. The van der Waals surface area contributed by atoms with Gasteiger partial charge in [-0.15, -0.1) is 16.7 Å². The van der Waals surface area contributed by atoms with Crippen LogP contribution in [0, 0.1) is 0 Å². The van der Waals surface area contributed by atoms with Crippen LogP contribution >= 0.6 is 23.1 Å². The maximum atomic E-state index is 12.4. The van der Waals surface area contributed by atoms with E-state index < -0.39 is 0 Å². The van der Waals surface area contributed by atoms with Crippen molar-refractivity contribution in [2.24, 2.45) is 0 Å². The zero-order chi connectivity index (χ0) is 15.5. The van der Waals surface area contributed by atoms with Crippen LogP contribution in [0.3, 0.4) is 0 Å². The number of carbonyl (C=O) groups is 1. The van der Waals surface area contributed by atoms with Gasteiger partial charge in [0.05, 0.1) is 5.69 Å². The van der Waals surface area contributed by atoms with Gasteiger partial charge in [0, 0.05) is 17.0 Å². The van der Waals surface area contributed by atoms with Gasteiger partial charge in [-0.1, -0.05) is 37.4 Å². The van der Waals surface area contributed by atoms with E-state index in [0.717, 1.165) is 34.9 Å². The Morgan fingerprint density at radius 2 is 1.95 bits per heavy atom. The first-order valence-corrected chi connectivity index (χ1v) is 8.01. The largest absolute Gasteiger partial charge is 0.321 e. The molecular formula is C15H18ClN3OS. The van der Waals surface area contributed by atoms with Crippen LogP contribution in [0.2, 0.25) is 0 Å². The van der Waals surface area contributed by atoms with Gasteiger partial charge in [0.15, 0.2) is 0 Å². The van der Waals surface area contributed by atoms with Gasteiger partial charge < -0.3 is 5.32 Å². The van der Waals surface area contributed by atoms with Gasteiger partial charge in [0.1, 0.15) is 4.88 Å². The predicted octanol–water partition coefficient (Wildman–Crippen LogP) is 3.87. The van der Waals surface area contributed by atoms with E-state index in [1.165, 1.54) is 0 Å². The molecule has 2 rings (SSSR count). The van der Waals surface area contributed by atoms with Crippen molar-refractivity contribution in [2.75, 3.05) is 11.2 Å². The van der Waals surface area contributed by atoms with Crippen molar-refractivity contribution in [3.8, 4) is 0 Å². The first-order chi connectivity index (χ1) is 9.91. The summed E-state index contributed by atoms with van der Waals surface area (Å²) in [5.74, 6) is 0.424. The molecule has 2 aromatic rings. The van der Waals surface area contributed by atoms with Crippen LogP contribution in [-0.4, -0.2) is 21.4 Å². The number of aryl methyl sites for hydroxylation is 1. The molecule has 1 N–H and O–H groups in total. The molecule has 0 fully saturated rings. The number of benzene rings is 1. The number of amides is 1. The van der Waals surface area contributed by atoms with Gasteiger partial charge in [0.25, 0.3) is 5.91 Å². The number of rotatable bonds is 4. The van der Waals surface area contributed by atoms with Crippen LogP contribution in [0.1, 0.15) is 41.7 Å². The van der Waals surface area contributed by atoms with E-state index in [9.17, 15) is 4.79 Å². The minimum absolute atomic E-state index is 0.167. The fraction of sp³-hybridized carbons (Fsp3) is 0.400. The molecule has 4 nitrogen and oxygen atoms in total. The Balaban J connectivity index is 2.13. The zero-order valence-corrected chi connectivity index (χ0v) is 13.9. The highest BCUT2D eigenvalue weighted by molar-refractivity contribution is 7.08. The number of hydrogen-bond donors (Lipinski definition) is 1. The summed E-state index contributed by atoms with van der Waals surface area (Å²) in [4.78, 5) is 12.9. The molecule has 0 saturated heterocycles. The summed E-state index contributed by atoms with van der Waals surface area (Å²) in [7, 11) is 0. The maximum Gasteiger partial charge on any atom is 0.269 e. The average Bonchev–Trinajstić information content (AvgIpc) is 2.90. The Kier molecular flexibility index (Phi) is 4.96. The number of carbonyl (C=O) groups excluding carboxylic acids is 1. The average molecular weight is 324 g/mol. The molecule has 1 aromatic carbocycles. The summed E-state index contributed by atoms with van der Waals surface area (Å²) >= 11 is 6.83. The molecule has 0 aliphatic heterocycles. The van der Waals surface area contributed by atoms with Crippen molar-refractivity contribution < 1.29 is 4.79 Å². The lowest BCUT2D eigenvalue weighted by atomic mass is 9.91. The lowest BCUT2D eigenvalue weighted by molar-refractivity contribution is 0.102. The second kappa shape index (κ2) is 6.54. The lowest BCUT2D eigenvalue weighted by Gasteiger charge is -2.16. The molecule has 0 unspecified atom stereocenters. The minimum Gasteiger partial charge on any atom is -0.321 e. The third-order valence-corrected chi connectivity index (χ3v) is 3.91. The summed E-state index contributed by atoms with van der Waals surface area (Å²) in [6, 6.07) is 7.69. The summed E-state index contributed by atoms with van der Waals surface area (Å²) in [6.07, 6.45) is 0.822. The number of aromatic nitrogens is 2. The van der Waals surface area contributed by atoms with Crippen LogP contribution in [0.4, 0.5) is 5.69 Å². The molecule has 1 heterocycles. The van der Waals surface area contributed by atoms with Crippen LogP contribution < -0.4 is 5.32 Å². The lowest BCUT2D eigenvalue weighted by Crippen LogP contribution is -2.19. The standard InChI is InChI=1S/C15H18ClN3OS/c1-15(2,3)13-12(21-19-18-13)14(20)17-11-6-4-10(5-7-11)8-9-16/h4-7H,8-9H2,1-3H3,(H,17,20). The molecule has 1 aromatic heterocycles. The number of nitrogens with one attached hydrogen (secondary N) is 1. The van der Waals surface area contributed by atoms with E-state index in [2.05, 4.69) is 14.9 Å². The molecule has 0 aliphatic carbocycles. The Morgan fingerprint density at radius 1 is 1.29 bits per heavy atom. The van der Waals surface area contributed by atoms with Gasteiger partial charge >= 0.3 is 0 Å². The maximum absolute atomic E-state index is 12.4. The molecule has 0 bridgehead atoms. The first kappa shape index (κ1) is 15.9. The number of anilines is 1. The highest BCUT2D eigenvalue weighted by Gasteiger charge is 2.26. The quantitative estimate of drug-likeness (QED) is 0.869. The molecule has 21 heavy (non-hydrogen) atoms. The van der Waals surface area contributed by atoms with Crippen LogP contribution in [0.15, 0.2) is 24.3 Å². The molecular weight excluding hydrogens is 306 g/mol. The van der Waals surface area contributed by atoms with Crippen molar-refractivity contribution in [1.29, 1.82) is 0 Å². The number of nitrogens with zero attached hydrogens (tertiary/aromatic N) is 2. The van der Waals surface area contributed by atoms with E-state index in [1.54, 1.807) is 0 Å². The fourth-order valence-corrected chi connectivity index (χ4v) is 2.87. The normalized spacial score (nSPS) is 11.4. The van der Waals surface area contributed by atoms with Crippen LogP contribution in [0.25, 0.3) is 0 Å². The molecule has 112 valence electrons. The van der Waals surface area contributed by atoms with Crippen molar-refractivity contribution in [3.63, 3.8) is 0 Å². The third-order valence-electron chi connectivity index (χ3n) is 3.00. The second-order valence-electron chi connectivity index (χ2n) is 5.79. The van der Waals surface area contributed by atoms with E-state index >= 15 is 0 Å². The molecule has 0 saturated carbocycles. The van der Waals surface area contributed by atoms with Gasteiger partial charge in [-0.3, -0.25) is 4.79 Å². The van der Waals surface area contributed by atoms with Gasteiger partial charge in [-0.2, -0.15) is 0 Å². The molecule has 1 amide bonds. The van der Waals surface area contributed by atoms with Crippen LogP contribution in [-0.2, 0) is 11.8 Å². The van der Waals surface area contributed by atoms with E-state index in [4.69, 9.17) is 11.6 Å². The third kappa shape index (κ3) is 4.02. The summed E-state index contributed by atoms with van der Waals surface area (Å²) in [5, 5.41) is 6.97. The topological polar surface area (TPSA) is 54.9 Å². The van der Waals surface area contributed by atoms with Gasteiger partial charge in [0.2, 0.25) is 0 Å². The Hall–Kier alpha value is -1.46. The molecule has 6 heteroatoms. The number of alkyl halides is 1. The predicted molar refractivity (Wildman–Crippen MR) is 87.4 cm³/mol. The zero-order valence-electron chi connectivity index (χ0n) is 12.3. The fourth-order valence-electron chi connectivity index (χ4n) is 1.88. The number of hydrogen-bond acceptors (Lipinski definition) is 4. The SMILES string of the molecule is CC(C)(C)c1nnsc1C(=O)Nc1ccc(CCCl)cc1. The van der Waals surface area contributed by atoms with Crippen LogP contribution in [0.5, 0.6) is 0 Å². The van der Waals surface area contributed by atoms with E-state index in [0.29, 0.717) is 10.8 Å². The van der Waals surface area contributed by atoms with Crippen molar-refractivity contribution in [1.82, 2.24) is 9.59 Å². The van der Waals surface area contributed by atoms with Gasteiger partial charge in [-0.25, -0.2) is 0 Å². The van der Waals surface area contributed by atoms with E-state index in [-0.39, 0.29) is 11.3 Å². The Morgan fingerprint density at radius 3 is 2.52 bits per heavy atom. The molecule has 0 spiro atoms. The number of halogens is 1. The van der Waals surface area contributed by atoms with Crippen molar-refractivity contribution in [2.45, 2.75) is 32.6 Å². The van der Waals surface area contributed by atoms with Crippen molar-refractivity contribution >= 4 is 34.7 Å². The highest BCUT2D eigenvalue weighted by Crippen LogP contribution is 2.26. The first-order valence-electron chi connectivity index (χ1n) is 6.71.